The molecule has 1 aromatic carbocycles. The molecule has 3 aromatic rings. The van der Waals surface area contributed by atoms with E-state index in [-0.39, 0.29) is 6.03 Å². The Labute approximate surface area is 162 Å². The fraction of sp³-hybridized carbons (Fsp3) is 0.316. The zero-order valence-electron chi connectivity index (χ0n) is 15.8. The number of carbonyl (C=O) groups is 1. The molecule has 28 heavy (non-hydrogen) atoms. The van der Waals surface area contributed by atoms with Gasteiger partial charge >= 0.3 is 6.03 Å². The highest BCUT2D eigenvalue weighted by Gasteiger charge is 2.24. The fourth-order valence-corrected chi connectivity index (χ4v) is 3.12. The van der Waals surface area contributed by atoms with Crippen LogP contribution in [-0.2, 0) is 0 Å². The van der Waals surface area contributed by atoms with Gasteiger partial charge in [-0.2, -0.15) is 0 Å². The van der Waals surface area contributed by atoms with Crippen molar-refractivity contribution in [3.63, 3.8) is 0 Å². The summed E-state index contributed by atoms with van der Waals surface area (Å²) in [4.78, 5) is 34.0. The summed E-state index contributed by atoms with van der Waals surface area (Å²) >= 11 is 0. The van der Waals surface area contributed by atoms with Crippen molar-refractivity contribution >= 4 is 28.8 Å². The number of amides is 2. The van der Waals surface area contributed by atoms with Crippen LogP contribution in [0.4, 0.5) is 16.6 Å². The number of nitrogens with zero attached hydrogens (tertiary/aromatic N) is 6. The van der Waals surface area contributed by atoms with E-state index in [4.69, 9.17) is 4.74 Å². The number of piperazine rings is 1. The van der Waals surface area contributed by atoms with E-state index in [1.165, 1.54) is 7.11 Å². The number of aromatic nitrogens is 4. The quantitative estimate of drug-likeness (QED) is 0.744. The number of rotatable bonds is 3. The number of ether oxygens (including phenoxy) is 1. The van der Waals surface area contributed by atoms with Crippen molar-refractivity contribution in [2.45, 2.75) is 6.92 Å². The SMILES string of the molecule is COc1nc2ccc(C)cc2nc1NC(=O)N1CCN(c2ncccn2)CC1. The van der Waals surface area contributed by atoms with Crippen LogP contribution in [0.1, 0.15) is 5.56 Å². The molecule has 0 saturated carbocycles. The first-order valence-corrected chi connectivity index (χ1v) is 9.04. The molecule has 2 aromatic heterocycles. The van der Waals surface area contributed by atoms with E-state index in [0.29, 0.717) is 49.3 Å². The molecule has 0 radical (unpaired) electrons. The zero-order valence-corrected chi connectivity index (χ0v) is 15.8. The van der Waals surface area contributed by atoms with Gasteiger partial charge in [0.1, 0.15) is 0 Å². The molecule has 0 bridgehead atoms. The Bertz CT molecular complexity index is 988. The summed E-state index contributed by atoms with van der Waals surface area (Å²) in [5.74, 6) is 1.29. The monoisotopic (exact) mass is 379 g/mol. The molecule has 1 fully saturated rings. The topological polar surface area (TPSA) is 96.4 Å². The van der Waals surface area contributed by atoms with E-state index in [1.54, 1.807) is 23.4 Å². The normalized spacial score (nSPS) is 14.2. The van der Waals surface area contributed by atoms with Crippen LogP contribution in [0.2, 0.25) is 0 Å². The Kier molecular flexibility index (Phi) is 4.88. The predicted octanol–water partition coefficient (Wildman–Crippen LogP) is 2.09. The van der Waals surface area contributed by atoms with E-state index in [2.05, 4.69) is 30.2 Å². The molecular formula is C19H21N7O2. The molecule has 1 saturated heterocycles. The lowest BCUT2D eigenvalue weighted by atomic mass is 10.2. The van der Waals surface area contributed by atoms with Crippen molar-refractivity contribution < 1.29 is 9.53 Å². The molecule has 144 valence electrons. The van der Waals surface area contributed by atoms with Crippen LogP contribution in [0.5, 0.6) is 5.88 Å². The number of benzene rings is 1. The van der Waals surface area contributed by atoms with Gasteiger partial charge in [0.15, 0.2) is 5.82 Å². The van der Waals surface area contributed by atoms with Crippen LogP contribution < -0.4 is 15.0 Å². The summed E-state index contributed by atoms with van der Waals surface area (Å²) in [6.45, 7) is 4.44. The van der Waals surface area contributed by atoms with Crippen LogP contribution in [-0.4, -0.2) is 64.2 Å². The number of methoxy groups -OCH3 is 1. The maximum atomic E-state index is 12.7. The first-order chi connectivity index (χ1) is 13.6. The van der Waals surface area contributed by atoms with E-state index in [9.17, 15) is 4.79 Å². The molecule has 0 atom stereocenters. The van der Waals surface area contributed by atoms with Crippen molar-refractivity contribution in [2.24, 2.45) is 0 Å². The standard InChI is InChI=1S/C19H21N7O2/c1-13-4-5-14-15(12-13)22-16(17(23-14)28-2)24-19(27)26-10-8-25(9-11-26)18-20-6-3-7-21-18/h3-7,12H,8-11H2,1-2H3,(H,22,24,27). The lowest BCUT2D eigenvalue weighted by Crippen LogP contribution is -2.50. The van der Waals surface area contributed by atoms with E-state index >= 15 is 0 Å². The molecule has 1 N–H and O–H groups in total. The van der Waals surface area contributed by atoms with Crippen LogP contribution >= 0.6 is 0 Å². The van der Waals surface area contributed by atoms with Gasteiger partial charge in [-0.15, -0.1) is 0 Å². The van der Waals surface area contributed by atoms with Gasteiger partial charge in [0, 0.05) is 38.6 Å². The van der Waals surface area contributed by atoms with Crippen LogP contribution in [0, 0.1) is 6.92 Å². The van der Waals surface area contributed by atoms with Gasteiger partial charge in [-0.25, -0.2) is 24.7 Å². The molecule has 0 aliphatic carbocycles. The van der Waals surface area contributed by atoms with Crippen molar-refractivity contribution in [3.05, 3.63) is 42.2 Å². The van der Waals surface area contributed by atoms with Gasteiger partial charge in [-0.05, 0) is 30.7 Å². The minimum atomic E-state index is -0.228. The van der Waals surface area contributed by atoms with E-state index in [1.807, 2.05) is 25.1 Å². The molecule has 9 nitrogen and oxygen atoms in total. The predicted molar refractivity (Wildman–Crippen MR) is 106 cm³/mol. The maximum absolute atomic E-state index is 12.7. The van der Waals surface area contributed by atoms with Crippen molar-refractivity contribution in [1.29, 1.82) is 0 Å². The van der Waals surface area contributed by atoms with E-state index in [0.717, 1.165) is 11.1 Å². The average Bonchev–Trinajstić information content (AvgIpc) is 2.74. The Morgan fingerprint density at radius 1 is 1.07 bits per heavy atom. The minimum Gasteiger partial charge on any atom is -0.478 e. The number of aryl methyl sites for hydroxylation is 1. The van der Waals surface area contributed by atoms with Gasteiger partial charge in [0.05, 0.1) is 18.1 Å². The second-order valence-electron chi connectivity index (χ2n) is 6.53. The summed E-state index contributed by atoms with van der Waals surface area (Å²) in [5, 5.41) is 2.84. The number of hydrogen-bond acceptors (Lipinski definition) is 7. The summed E-state index contributed by atoms with van der Waals surface area (Å²) in [7, 11) is 1.51. The van der Waals surface area contributed by atoms with Gasteiger partial charge in [0.25, 0.3) is 5.88 Å². The van der Waals surface area contributed by atoms with Crippen molar-refractivity contribution in [2.75, 3.05) is 43.5 Å². The first kappa shape index (κ1) is 17.9. The second kappa shape index (κ2) is 7.63. The van der Waals surface area contributed by atoms with Gasteiger partial charge in [-0.1, -0.05) is 6.07 Å². The number of fused-ring (bicyclic) bond motifs is 1. The van der Waals surface area contributed by atoms with Crippen molar-refractivity contribution in [3.8, 4) is 5.88 Å². The van der Waals surface area contributed by atoms with Gasteiger partial charge in [-0.3, -0.25) is 5.32 Å². The Morgan fingerprint density at radius 2 is 1.82 bits per heavy atom. The summed E-state index contributed by atoms with van der Waals surface area (Å²) in [6, 6.07) is 7.33. The highest BCUT2D eigenvalue weighted by atomic mass is 16.5. The molecule has 3 heterocycles. The molecule has 1 aliphatic heterocycles. The first-order valence-electron chi connectivity index (χ1n) is 9.04. The van der Waals surface area contributed by atoms with Crippen LogP contribution in [0.3, 0.4) is 0 Å². The number of carbonyl (C=O) groups excluding carboxylic acids is 1. The molecule has 2 amide bonds. The van der Waals surface area contributed by atoms with Crippen molar-refractivity contribution in [1.82, 2.24) is 24.8 Å². The summed E-state index contributed by atoms with van der Waals surface area (Å²) < 4.78 is 5.32. The highest BCUT2D eigenvalue weighted by Crippen LogP contribution is 2.24. The number of anilines is 2. The molecule has 0 spiro atoms. The minimum absolute atomic E-state index is 0.228. The highest BCUT2D eigenvalue weighted by molar-refractivity contribution is 5.91. The Balaban J connectivity index is 1.46. The van der Waals surface area contributed by atoms with Gasteiger partial charge in [0.2, 0.25) is 5.95 Å². The third-order valence-electron chi connectivity index (χ3n) is 4.61. The van der Waals surface area contributed by atoms with Crippen LogP contribution in [0.25, 0.3) is 11.0 Å². The maximum Gasteiger partial charge on any atom is 0.323 e. The number of hydrogen-bond donors (Lipinski definition) is 1. The summed E-state index contributed by atoms with van der Waals surface area (Å²) in [5.41, 5.74) is 2.50. The fourth-order valence-electron chi connectivity index (χ4n) is 3.12. The Hall–Kier alpha value is -3.49. The number of urea groups is 1. The lowest BCUT2D eigenvalue weighted by Gasteiger charge is -2.34. The molecule has 0 unspecified atom stereocenters. The lowest BCUT2D eigenvalue weighted by molar-refractivity contribution is 0.207. The third kappa shape index (κ3) is 3.64. The molecule has 4 rings (SSSR count). The van der Waals surface area contributed by atoms with Gasteiger partial charge < -0.3 is 14.5 Å². The largest absolute Gasteiger partial charge is 0.478 e. The molecule has 9 heteroatoms. The number of nitrogens with one attached hydrogen (secondary N) is 1. The zero-order chi connectivity index (χ0) is 19.5. The van der Waals surface area contributed by atoms with E-state index < -0.39 is 0 Å². The average molecular weight is 379 g/mol. The molecule has 1 aliphatic rings. The Morgan fingerprint density at radius 3 is 2.54 bits per heavy atom. The second-order valence-corrected chi connectivity index (χ2v) is 6.53. The smallest absolute Gasteiger partial charge is 0.323 e. The van der Waals surface area contributed by atoms with Crippen LogP contribution in [0.15, 0.2) is 36.7 Å². The summed E-state index contributed by atoms with van der Waals surface area (Å²) in [6.07, 6.45) is 3.43. The third-order valence-corrected chi connectivity index (χ3v) is 4.61. The molecular weight excluding hydrogens is 358 g/mol.